The normalized spacial score (nSPS) is 10.2. The first-order valence-corrected chi connectivity index (χ1v) is 4.00. The number of aryl methyl sites for hydroxylation is 1. The van der Waals surface area contributed by atoms with E-state index in [2.05, 4.69) is 15.6 Å². The molecule has 0 aliphatic rings. The van der Waals surface area contributed by atoms with Gasteiger partial charge in [0.1, 0.15) is 0 Å². The molecule has 0 saturated carbocycles. The SMILES string of the molecule is Cc1nc(CNn2cccc2)no1. The third-order valence-electron chi connectivity index (χ3n) is 1.59. The Morgan fingerprint density at radius 2 is 2.23 bits per heavy atom. The molecule has 2 rings (SSSR count). The molecule has 0 aliphatic carbocycles. The Bertz CT molecular complexity index is 365. The molecular formula is C8H10N4O. The van der Waals surface area contributed by atoms with Crippen molar-refractivity contribution in [2.75, 3.05) is 5.43 Å². The van der Waals surface area contributed by atoms with Crippen molar-refractivity contribution < 1.29 is 4.52 Å². The molecule has 5 nitrogen and oxygen atoms in total. The number of hydrogen-bond donors (Lipinski definition) is 1. The summed E-state index contributed by atoms with van der Waals surface area (Å²) in [5.74, 6) is 1.25. The van der Waals surface area contributed by atoms with Crippen LogP contribution in [-0.4, -0.2) is 14.8 Å². The van der Waals surface area contributed by atoms with Crippen LogP contribution < -0.4 is 5.43 Å². The van der Waals surface area contributed by atoms with Gasteiger partial charge in [0.15, 0.2) is 5.82 Å². The van der Waals surface area contributed by atoms with Crippen molar-refractivity contribution >= 4 is 0 Å². The lowest BCUT2D eigenvalue weighted by atomic mass is 10.6. The second-order valence-electron chi connectivity index (χ2n) is 2.65. The first kappa shape index (κ1) is 7.85. The van der Waals surface area contributed by atoms with E-state index in [1.807, 2.05) is 29.2 Å². The molecule has 0 amide bonds. The van der Waals surface area contributed by atoms with Gasteiger partial charge in [-0.25, -0.2) is 0 Å². The second-order valence-corrected chi connectivity index (χ2v) is 2.65. The summed E-state index contributed by atoms with van der Waals surface area (Å²) in [7, 11) is 0. The van der Waals surface area contributed by atoms with Crippen molar-refractivity contribution in [2.24, 2.45) is 0 Å². The first-order valence-electron chi connectivity index (χ1n) is 4.00. The average Bonchev–Trinajstić information content (AvgIpc) is 2.71. The monoisotopic (exact) mass is 178 g/mol. The van der Waals surface area contributed by atoms with Crippen LogP contribution in [0.2, 0.25) is 0 Å². The Kier molecular flexibility index (Phi) is 1.99. The van der Waals surface area contributed by atoms with Gasteiger partial charge in [0, 0.05) is 19.3 Å². The molecule has 0 spiro atoms. The molecule has 2 heterocycles. The summed E-state index contributed by atoms with van der Waals surface area (Å²) in [5, 5.41) is 3.75. The van der Waals surface area contributed by atoms with E-state index in [4.69, 9.17) is 4.52 Å². The molecule has 0 fully saturated rings. The summed E-state index contributed by atoms with van der Waals surface area (Å²) >= 11 is 0. The fourth-order valence-electron chi connectivity index (χ4n) is 1.02. The zero-order valence-electron chi connectivity index (χ0n) is 7.27. The van der Waals surface area contributed by atoms with Crippen LogP contribution in [0.3, 0.4) is 0 Å². The maximum Gasteiger partial charge on any atom is 0.223 e. The van der Waals surface area contributed by atoms with E-state index in [-0.39, 0.29) is 0 Å². The van der Waals surface area contributed by atoms with Gasteiger partial charge in [-0.15, -0.1) is 0 Å². The molecule has 5 heteroatoms. The van der Waals surface area contributed by atoms with E-state index in [9.17, 15) is 0 Å². The van der Waals surface area contributed by atoms with Crippen molar-refractivity contribution in [3.8, 4) is 0 Å². The zero-order chi connectivity index (χ0) is 9.10. The Balaban J connectivity index is 1.93. The molecule has 0 saturated heterocycles. The summed E-state index contributed by atoms with van der Waals surface area (Å²) in [6.07, 6.45) is 3.82. The number of rotatable bonds is 3. The molecule has 0 atom stereocenters. The summed E-state index contributed by atoms with van der Waals surface area (Å²) in [4.78, 5) is 4.06. The van der Waals surface area contributed by atoms with Crippen LogP contribution >= 0.6 is 0 Å². The molecule has 0 aliphatic heterocycles. The lowest BCUT2D eigenvalue weighted by molar-refractivity contribution is 0.387. The largest absolute Gasteiger partial charge is 0.340 e. The van der Waals surface area contributed by atoms with Crippen LogP contribution in [0, 0.1) is 6.92 Å². The Morgan fingerprint density at radius 1 is 1.46 bits per heavy atom. The maximum atomic E-state index is 4.82. The number of hydrogen-bond acceptors (Lipinski definition) is 4. The van der Waals surface area contributed by atoms with E-state index in [1.165, 1.54) is 0 Å². The molecule has 0 radical (unpaired) electrons. The molecule has 2 aromatic heterocycles. The van der Waals surface area contributed by atoms with E-state index in [0.29, 0.717) is 18.3 Å². The Morgan fingerprint density at radius 3 is 2.85 bits per heavy atom. The van der Waals surface area contributed by atoms with Crippen LogP contribution in [-0.2, 0) is 6.54 Å². The quantitative estimate of drug-likeness (QED) is 0.759. The van der Waals surface area contributed by atoms with Crippen molar-refractivity contribution in [1.29, 1.82) is 0 Å². The standard InChI is InChI=1S/C8H10N4O/c1-7-10-8(11-13-7)6-9-12-4-2-3-5-12/h2-5,9H,6H2,1H3. The van der Waals surface area contributed by atoms with Gasteiger partial charge in [-0.05, 0) is 12.1 Å². The van der Waals surface area contributed by atoms with E-state index < -0.39 is 0 Å². The van der Waals surface area contributed by atoms with Crippen LogP contribution in [0.1, 0.15) is 11.7 Å². The predicted octanol–water partition coefficient (Wildman–Crippen LogP) is 0.923. The summed E-state index contributed by atoms with van der Waals surface area (Å²) in [6, 6.07) is 3.88. The molecule has 0 aromatic carbocycles. The molecule has 68 valence electrons. The lowest BCUT2D eigenvalue weighted by Gasteiger charge is -2.02. The van der Waals surface area contributed by atoms with Crippen molar-refractivity contribution in [1.82, 2.24) is 14.8 Å². The molecule has 0 unspecified atom stereocenters. The third kappa shape index (κ3) is 1.87. The van der Waals surface area contributed by atoms with Crippen LogP contribution in [0.5, 0.6) is 0 Å². The molecule has 13 heavy (non-hydrogen) atoms. The second kappa shape index (κ2) is 3.30. The third-order valence-corrected chi connectivity index (χ3v) is 1.59. The Labute approximate surface area is 75.3 Å². The number of nitrogens with one attached hydrogen (secondary N) is 1. The zero-order valence-corrected chi connectivity index (χ0v) is 7.27. The topological polar surface area (TPSA) is 55.9 Å². The van der Waals surface area contributed by atoms with Gasteiger partial charge < -0.3 is 9.95 Å². The lowest BCUT2D eigenvalue weighted by Crippen LogP contribution is -2.12. The first-order chi connectivity index (χ1) is 6.34. The Hall–Kier alpha value is -1.78. The van der Waals surface area contributed by atoms with Crippen molar-refractivity contribution in [2.45, 2.75) is 13.5 Å². The van der Waals surface area contributed by atoms with E-state index in [0.717, 1.165) is 0 Å². The van der Waals surface area contributed by atoms with Gasteiger partial charge >= 0.3 is 0 Å². The van der Waals surface area contributed by atoms with E-state index >= 15 is 0 Å². The summed E-state index contributed by atoms with van der Waals surface area (Å²) in [5.41, 5.74) is 3.09. The minimum absolute atomic E-state index is 0.562. The number of nitrogens with zero attached hydrogens (tertiary/aromatic N) is 3. The number of aromatic nitrogens is 3. The highest BCUT2D eigenvalue weighted by Crippen LogP contribution is 1.95. The summed E-state index contributed by atoms with van der Waals surface area (Å²) < 4.78 is 6.66. The van der Waals surface area contributed by atoms with Gasteiger partial charge in [0.25, 0.3) is 0 Å². The fourth-order valence-corrected chi connectivity index (χ4v) is 1.02. The van der Waals surface area contributed by atoms with Gasteiger partial charge in [-0.2, -0.15) is 4.98 Å². The highest BCUT2D eigenvalue weighted by Gasteiger charge is 1.99. The van der Waals surface area contributed by atoms with E-state index in [1.54, 1.807) is 6.92 Å². The fraction of sp³-hybridized carbons (Fsp3) is 0.250. The highest BCUT2D eigenvalue weighted by atomic mass is 16.5. The van der Waals surface area contributed by atoms with Crippen LogP contribution in [0.4, 0.5) is 0 Å². The molecule has 2 aromatic rings. The average molecular weight is 178 g/mol. The molecule has 1 N–H and O–H groups in total. The van der Waals surface area contributed by atoms with Gasteiger partial charge in [-0.1, -0.05) is 5.16 Å². The minimum Gasteiger partial charge on any atom is -0.340 e. The molecule has 0 bridgehead atoms. The van der Waals surface area contributed by atoms with Gasteiger partial charge in [0.2, 0.25) is 5.89 Å². The van der Waals surface area contributed by atoms with Crippen molar-refractivity contribution in [3.05, 3.63) is 36.2 Å². The van der Waals surface area contributed by atoms with Crippen LogP contribution in [0.25, 0.3) is 0 Å². The summed E-state index contributed by atoms with van der Waals surface area (Å²) in [6.45, 7) is 2.33. The molecular weight excluding hydrogens is 168 g/mol. The van der Waals surface area contributed by atoms with Crippen LogP contribution in [0.15, 0.2) is 29.0 Å². The van der Waals surface area contributed by atoms with Gasteiger partial charge in [-0.3, -0.25) is 4.68 Å². The smallest absolute Gasteiger partial charge is 0.223 e. The minimum atomic E-state index is 0.562. The van der Waals surface area contributed by atoms with Gasteiger partial charge in [0.05, 0.1) is 6.54 Å². The highest BCUT2D eigenvalue weighted by molar-refractivity contribution is 4.95. The maximum absolute atomic E-state index is 4.82. The predicted molar refractivity (Wildman–Crippen MR) is 46.5 cm³/mol. The van der Waals surface area contributed by atoms with Crippen molar-refractivity contribution in [3.63, 3.8) is 0 Å².